The van der Waals surface area contributed by atoms with Gasteiger partial charge in [0.2, 0.25) is 5.16 Å². The molecular formula is C8H10N4S. The molecule has 1 aromatic rings. The predicted octanol–water partition coefficient (Wildman–Crippen LogP) is 1.12. The van der Waals surface area contributed by atoms with Crippen molar-refractivity contribution in [1.29, 1.82) is 0 Å². The predicted molar refractivity (Wildman–Crippen MR) is 50.3 cm³/mol. The minimum absolute atomic E-state index is 0.545. The van der Waals surface area contributed by atoms with E-state index in [0.29, 0.717) is 6.04 Å². The number of aromatic nitrogens is 4. The molecule has 13 heavy (non-hydrogen) atoms. The monoisotopic (exact) mass is 194 g/mol. The minimum Gasteiger partial charge on any atom is -0.217 e. The van der Waals surface area contributed by atoms with Crippen molar-refractivity contribution in [3.63, 3.8) is 0 Å². The first-order chi connectivity index (χ1) is 6.42. The summed E-state index contributed by atoms with van der Waals surface area (Å²) < 4.78 is 1.90. The van der Waals surface area contributed by atoms with E-state index in [9.17, 15) is 0 Å². The quantitative estimate of drug-likeness (QED) is 0.409. The molecule has 0 spiro atoms. The Morgan fingerprint density at radius 2 is 2.46 bits per heavy atom. The highest BCUT2D eigenvalue weighted by molar-refractivity contribution is 7.99. The summed E-state index contributed by atoms with van der Waals surface area (Å²) in [6, 6.07) is 0.545. The van der Waals surface area contributed by atoms with E-state index in [1.165, 1.54) is 12.8 Å². The van der Waals surface area contributed by atoms with E-state index in [1.54, 1.807) is 11.8 Å². The molecule has 1 fully saturated rings. The van der Waals surface area contributed by atoms with Gasteiger partial charge in [0, 0.05) is 12.2 Å². The van der Waals surface area contributed by atoms with Crippen molar-refractivity contribution in [2.24, 2.45) is 0 Å². The van der Waals surface area contributed by atoms with E-state index in [2.05, 4.69) is 21.4 Å². The van der Waals surface area contributed by atoms with Crippen LogP contribution in [-0.4, -0.2) is 26.0 Å². The van der Waals surface area contributed by atoms with Crippen LogP contribution >= 0.6 is 11.8 Å². The molecule has 1 saturated carbocycles. The van der Waals surface area contributed by atoms with Crippen molar-refractivity contribution >= 4 is 11.8 Å². The molecule has 0 unspecified atom stereocenters. The maximum absolute atomic E-state index is 5.16. The van der Waals surface area contributed by atoms with Crippen molar-refractivity contribution < 1.29 is 0 Å². The van der Waals surface area contributed by atoms with E-state index >= 15 is 0 Å². The molecule has 0 atom stereocenters. The van der Waals surface area contributed by atoms with Crippen LogP contribution in [-0.2, 0) is 0 Å². The van der Waals surface area contributed by atoms with Crippen LogP contribution in [0.1, 0.15) is 25.3 Å². The van der Waals surface area contributed by atoms with Gasteiger partial charge in [-0.3, -0.25) is 0 Å². The van der Waals surface area contributed by atoms with E-state index < -0.39 is 0 Å². The number of thioether (sulfide) groups is 1. The third kappa shape index (κ3) is 2.01. The summed E-state index contributed by atoms with van der Waals surface area (Å²) in [7, 11) is 0. The summed E-state index contributed by atoms with van der Waals surface area (Å²) in [5.74, 6) is 3.49. The molecule has 0 aromatic carbocycles. The molecule has 1 aliphatic carbocycles. The van der Waals surface area contributed by atoms with E-state index in [-0.39, 0.29) is 0 Å². The fourth-order valence-electron chi connectivity index (χ4n) is 1.03. The number of tetrazole rings is 1. The molecule has 0 bridgehead atoms. The van der Waals surface area contributed by atoms with Crippen molar-refractivity contribution in [2.45, 2.75) is 30.5 Å². The molecule has 5 heteroatoms. The first kappa shape index (κ1) is 8.57. The van der Waals surface area contributed by atoms with Crippen LogP contribution in [0.5, 0.6) is 0 Å². The number of rotatable bonds is 4. The average Bonchev–Trinajstić information content (AvgIpc) is 2.88. The molecule has 4 nitrogen and oxygen atoms in total. The van der Waals surface area contributed by atoms with Gasteiger partial charge in [0.05, 0.1) is 6.04 Å². The lowest BCUT2D eigenvalue weighted by Crippen LogP contribution is -1.98. The highest BCUT2D eigenvalue weighted by Crippen LogP contribution is 2.36. The lowest BCUT2D eigenvalue weighted by atomic mass is 10.5. The molecule has 0 radical (unpaired) electrons. The topological polar surface area (TPSA) is 43.6 Å². The molecule has 0 saturated heterocycles. The molecule has 0 aliphatic heterocycles. The number of hydrogen-bond donors (Lipinski definition) is 0. The van der Waals surface area contributed by atoms with Crippen molar-refractivity contribution in [2.75, 3.05) is 5.75 Å². The summed E-state index contributed by atoms with van der Waals surface area (Å²) in [5.41, 5.74) is 0. The number of nitrogens with zero attached hydrogens (tertiary/aromatic N) is 4. The van der Waals surface area contributed by atoms with Gasteiger partial charge in [0.1, 0.15) is 0 Å². The highest BCUT2D eigenvalue weighted by Gasteiger charge is 2.27. The van der Waals surface area contributed by atoms with Crippen LogP contribution < -0.4 is 0 Å². The average molecular weight is 194 g/mol. The van der Waals surface area contributed by atoms with Gasteiger partial charge in [-0.25, -0.2) is 4.68 Å². The van der Waals surface area contributed by atoms with Crippen LogP contribution in [0, 0.1) is 12.3 Å². The second-order valence-electron chi connectivity index (χ2n) is 2.94. The molecule has 0 N–H and O–H groups in total. The summed E-state index contributed by atoms with van der Waals surface area (Å²) in [5, 5.41) is 12.4. The Balaban J connectivity index is 1.95. The third-order valence-corrected chi connectivity index (χ3v) is 2.77. The van der Waals surface area contributed by atoms with Crippen molar-refractivity contribution in [3.8, 4) is 12.3 Å². The Kier molecular flexibility index (Phi) is 2.50. The summed E-state index contributed by atoms with van der Waals surface area (Å²) in [4.78, 5) is 0. The first-order valence-corrected chi connectivity index (χ1v) is 5.24. The van der Waals surface area contributed by atoms with E-state index in [1.807, 2.05) is 4.68 Å². The van der Waals surface area contributed by atoms with Crippen LogP contribution in [0.3, 0.4) is 0 Å². The molecule has 0 amide bonds. The molecule has 1 aromatic heterocycles. The maximum Gasteiger partial charge on any atom is 0.209 e. The van der Waals surface area contributed by atoms with Crippen LogP contribution in [0.15, 0.2) is 5.16 Å². The van der Waals surface area contributed by atoms with Gasteiger partial charge >= 0.3 is 0 Å². The summed E-state index contributed by atoms with van der Waals surface area (Å²) in [6.45, 7) is 0. The Bertz CT molecular complexity index is 323. The van der Waals surface area contributed by atoms with Crippen LogP contribution in [0.4, 0.5) is 0 Å². The van der Waals surface area contributed by atoms with Crippen molar-refractivity contribution in [1.82, 2.24) is 20.2 Å². The highest BCUT2D eigenvalue weighted by atomic mass is 32.2. The standard InChI is InChI=1S/C8H10N4S/c1-2-3-6-13-8-9-10-11-12(8)7-4-5-7/h1,7H,3-6H2. The van der Waals surface area contributed by atoms with Gasteiger partial charge in [0.25, 0.3) is 0 Å². The molecule has 68 valence electrons. The van der Waals surface area contributed by atoms with Crippen LogP contribution in [0.2, 0.25) is 0 Å². The Labute approximate surface area is 81.1 Å². The maximum atomic E-state index is 5.16. The lowest BCUT2D eigenvalue weighted by molar-refractivity contribution is 0.565. The van der Waals surface area contributed by atoms with Gasteiger partial charge < -0.3 is 0 Å². The van der Waals surface area contributed by atoms with Gasteiger partial charge in [-0.1, -0.05) is 11.8 Å². The fourth-order valence-corrected chi connectivity index (χ4v) is 1.84. The van der Waals surface area contributed by atoms with Crippen LogP contribution in [0.25, 0.3) is 0 Å². The SMILES string of the molecule is C#CCCSc1nnnn1C1CC1. The smallest absolute Gasteiger partial charge is 0.209 e. The number of terminal acetylenes is 1. The zero-order chi connectivity index (χ0) is 9.10. The normalized spacial score (nSPS) is 15.6. The van der Waals surface area contributed by atoms with E-state index in [4.69, 9.17) is 6.42 Å². The Morgan fingerprint density at radius 1 is 1.62 bits per heavy atom. The number of hydrogen-bond acceptors (Lipinski definition) is 4. The summed E-state index contributed by atoms with van der Waals surface area (Å²) >= 11 is 1.63. The van der Waals surface area contributed by atoms with Gasteiger partial charge in [-0.15, -0.1) is 17.4 Å². The molecule has 1 aliphatic rings. The zero-order valence-electron chi connectivity index (χ0n) is 7.18. The lowest BCUT2D eigenvalue weighted by Gasteiger charge is -1.99. The molecule has 1 heterocycles. The van der Waals surface area contributed by atoms with Gasteiger partial charge in [-0.05, 0) is 23.3 Å². The fraction of sp³-hybridized carbons (Fsp3) is 0.625. The molecule has 2 rings (SSSR count). The Hall–Kier alpha value is -1.02. The summed E-state index contributed by atoms with van der Waals surface area (Å²) in [6.07, 6.45) is 8.33. The first-order valence-electron chi connectivity index (χ1n) is 4.26. The molecular weight excluding hydrogens is 184 g/mol. The van der Waals surface area contributed by atoms with Gasteiger partial charge in [-0.2, -0.15) is 0 Å². The Morgan fingerprint density at radius 3 is 3.15 bits per heavy atom. The zero-order valence-corrected chi connectivity index (χ0v) is 8.00. The minimum atomic E-state index is 0.545. The largest absolute Gasteiger partial charge is 0.217 e. The van der Waals surface area contributed by atoms with E-state index in [0.717, 1.165) is 17.3 Å². The second kappa shape index (κ2) is 3.79. The third-order valence-electron chi connectivity index (χ3n) is 1.83. The van der Waals surface area contributed by atoms with Gasteiger partial charge in [0.15, 0.2) is 0 Å². The second-order valence-corrected chi connectivity index (χ2v) is 4.00. The van der Waals surface area contributed by atoms with Crippen molar-refractivity contribution in [3.05, 3.63) is 0 Å².